The lowest BCUT2D eigenvalue weighted by Gasteiger charge is -2.12. The van der Waals surface area contributed by atoms with E-state index in [1.165, 1.54) is 0 Å². The van der Waals surface area contributed by atoms with Crippen LogP contribution in [0.2, 0.25) is 5.02 Å². The van der Waals surface area contributed by atoms with Crippen LogP contribution in [0.1, 0.15) is 5.56 Å². The van der Waals surface area contributed by atoms with Crippen LogP contribution in [-0.2, 0) is 6.18 Å². The molecule has 96 valence electrons. The van der Waals surface area contributed by atoms with E-state index in [1.807, 2.05) is 4.98 Å². The highest BCUT2D eigenvalue weighted by atomic mass is 35.5. The van der Waals surface area contributed by atoms with Crippen molar-refractivity contribution in [3.05, 3.63) is 37.4 Å². The van der Waals surface area contributed by atoms with Gasteiger partial charge in [0.15, 0.2) is 0 Å². The van der Waals surface area contributed by atoms with Crippen molar-refractivity contribution in [1.82, 2.24) is 9.97 Å². The van der Waals surface area contributed by atoms with Crippen molar-refractivity contribution < 1.29 is 13.2 Å². The number of nitrogens with one attached hydrogen (secondary N) is 2. The number of halogens is 4. The number of fused-ring (bicyclic) bond motifs is 1. The number of aromatic amines is 2. The Morgan fingerprint density at radius 3 is 2.11 bits per heavy atom. The highest BCUT2D eigenvalue weighted by Crippen LogP contribution is 2.38. The molecule has 0 aliphatic carbocycles. The molecule has 9 heteroatoms. The largest absolute Gasteiger partial charge is 0.418 e. The van der Waals surface area contributed by atoms with E-state index in [4.69, 9.17) is 17.3 Å². The van der Waals surface area contributed by atoms with Crippen molar-refractivity contribution in [2.24, 2.45) is 0 Å². The van der Waals surface area contributed by atoms with Gasteiger partial charge in [-0.1, -0.05) is 11.6 Å². The number of rotatable bonds is 0. The lowest BCUT2D eigenvalue weighted by Crippen LogP contribution is -2.29. The number of hydrogen-bond donors (Lipinski definition) is 3. The van der Waals surface area contributed by atoms with Gasteiger partial charge in [0.2, 0.25) is 0 Å². The van der Waals surface area contributed by atoms with E-state index in [1.54, 1.807) is 0 Å². The van der Waals surface area contributed by atoms with E-state index < -0.39 is 28.5 Å². The van der Waals surface area contributed by atoms with Gasteiger partial charge in [0, 0.05) is 0 Å². The summed E-state index contributed by atoms with van der Waals surface area (Å²) in [6.45, 7) is 0. The molecule has 5 nitrogen and oxygen atoms in total. The molecule has 1 aromatic carbocycles. The molecule has 18 heavy (non-hydrogen) atoms. The quantitative estimate of drug-likeness (QED) is 0.504. The number of nitrogens with two attached hydrogens (primary N) is 1. The summed E-state index contributed by atoms with van der Waals surface area (Å²) < 4.78 is 37.9. The van der Waals surface area contributed by atoms with Crippen LogP contribution in [-0.4, -0.2) is 9.97 Å². The zero-order chi connectivity index (χ0) is 13.7. The van der Waals surface area contributed by atoms with Crippen molar-refractivity contribution in [3.8, 4) is 0 Å². The van der Waals surface area contributed by atoms with Crippen LogP contribution in [0.5, 0.6) is 0 Å². The lowest BCUT2D eigenvalue weighted by atomic mass is 10.1. The van der Waals surface area contributed by atoms with Gasteiger partial charge in [0.25, 0.3) is 0 Å². The van der Waals surface area contributed by atoms with Crippen LogP contribution in [0, 0.1) is 0 Å². The summed E-state index contributed by atoms with van der Waals surface area (Å²) >= 11 is 5.62. The number of hydrogen-bond acceptors (Lipinski definition) is 3. The molecule has 0 radical (unpaired) electrons. The zero-order valence-electron chi connectivity index (χ0n) is 8.48. The molecule has 0 saturated carbocycles. The number of H-pyrrole nitrogens is 2. The standard InChI is InChI=1S/C9H5ClF3N3O2/c10-3-1-2(9(11,12)13)4(14)6-5(3)15-7(17)8(18)16-6/h1H,14H2,(H,15,17)(H,16,18). The van der Waals surface area contributed by atoms with E-state index in [0.29, 0.717) is 6.07 Å². The molecule has 0 saturated heterocycles. The minimum atomic E-state index is -4.71. The summed E-state index contributed by atoms with van der Waals surface area (Å²) in [4.78, 5) is 26.2. The van der Waals surface area contributed by atoms with E-state index in [-0.39, 0.29) is 16.1 Å². The molecule has 0 aliphatic rings. The molecule has 0 atom stereocenters. The van der Waals surface area contributed by atoms with E-state index in [0.717, 1.165) is 0 Å². The summed E-state index contributed by atoms with van der Waals surface area (Å²) in [6.07, 6.45) is -4.71. The van der Waals surface area contributed by atoms with Crippen molar-refractivity contribution in [1.29, 1.82) is 0 Å². The molecule has 0 aliphatic heterocycles. The van der Waals surface area contributed by atoms with Gasteiger partial charge < -0.3 is 15.7 Å². The maximum Gasteiger partial charge on any atom is 0.418 e. The van der Waals surface area contributed by atoms with Gasteiger partial charge >= 0.3 is 17.3 Å². The van der Waals surface area contributed by atoms with Crippen LogP contribution in [0.4, 0.5) is 18.9 Å². The molecule has 0 bridgehead atoms. The second kappa shape index (κ2) is 3.77. The highest BCUT2D eigenvalue weighted by Gasteiger charge is 2.34. The van der Waals surface area contributed by atoms with Gasteiger partial charge in [-0.2, -0.15) is 13.2 Å². The third kappa shape index (κ3) is 1.84. The molecular formula is C9H5ClF3N3O2. The van der Waals surface area contributed by atoms with Crippen LogP contribution in [0.3, 0.4) is 0 Å². The first kappa shape index (κ1) is 12.5. The van der Waals surface area contributed by atoms with Crippen molar-refractivity contribution in [2.75, 3.05) is 5.73 Å². The Labute approximate surface area is 101 Å². The predicted molar refractivity (Wildman–Crippen MR) is 59.6 cm³/mol. The minimum Gasteiger partial charge on any atom is -0.396 e. The summed E-state index contributed by atoms with van der Waals surface area (Å²) in [5.41, 5.74) is 0.820. The number of alkyl halides is 3. The molecule has 0 unspecified atom stereocenters. The van der Waals surface area contributed by atoms with E-state index in [9.17, 15) is 22.8 Å². The minimum absolute atomic E-state index is 0.147. The Hall–Kier alpha value is -1.96. The molecule has 4 N–H and O–H groups in total. The first-order valence-corrected chi connectivity index (χ1v) is 4.91. The maximum absolute atomic E-state index is 12.6. The normalized spacial score (nSPS) is 12.0. The highest BCUT2D eigenvalue weighted by molar-refractivity contribution is 6.35. The number of nitrogen functional groups attached to an aromatic ring is 1. The predicted octanol–water partition coefficient (Wildman–Crippen LogP) is 1.47. The molecule has 0 spiro atoms. The van der Waals surface area contributed by atoms with Gasteiger partial charge in [0.05, 0.1) is 27.3 Å². The Kier molecular flexibility index (Phi) is 2.62. The first-order valence-electron chi connectivity index (χ1n) is 4.53. The summed E-state index contributed by atoms with van der Waals surface area (Å²) in [5, 5.41) is -0.361. The fourth-order valence-electron chi connectivity index (χ4n) is 1.49. The Morgan fingerprint density at radius 1 is 1.11 bits per heavy atom. The van der Waals surface area contributed by atoms with Crippen LogP contribution in [0.25, 0.3) is 11.0 Å². The monoisotopic (exact) mass is 279 g/mol. The van der Waals surface area contributed by atoms with Crippen LogP contribution < -0.4 is 16.9 Å². The maximum atomic E-state index is 12.6. The van der Waals surface area contributed by atoms with Gasteiger partial charge in [-0.15, -0.1) is 0 Å². The van der Waals surface area contributed by atoms with Crippen molar-refractivity contribution >= 4 is 28.3 Å². The molecule has 0 fully saturated rings. The molecule has 2 rings (SSSR count). The van der Waals surface area contributed by atoms with Gasteiger partial charge in [0.1, 0.15) is 0 Å². The molecule has 1 heterocycles. The number of benzene rings is 1. The molecular weight excluding hydrogens is 275 g/mol. The van der Waals surface area contributed by atoms with Crippen molar-refractivity contribution in [2.45, 2.75) is 6.18 Å². The Bertz CT molecular complexity index is 748. The topological polar surface area (TPSA) is 91.7 Å². The van der Waals surface area contributed by atoms with Gasteiger partial charge in [-0.3, -0.25) is 9.59 Å². The molecule has 1 aromatic heterocycles. The van der Waals surface area contributed by atoms with Gasteiger partial charge in [-0.25, -0.2) is 0 Å². The second-order valence-electron chi connectivity index (χ2n) is 3.48. The Balaban J connectivity index is 3.00. The first-order chi connectivity index (χ1) is 8.21. The van der Waals surface area contributed by atoms with Crippen LogP contribution in [0.15, 0.2) is 15.7 Å². The fraction of sp³-hybridized carbons (Fsp3) is 0.111. The smallest absolute Gasteiger partial charge is 0.396 e. The fourth-order valence-corrected chi connectivity index (χ4v) is 1.74. The van der Waals surface area contributed by atoms with Crippen LogP contribution >= 0.6 is 11.6 Å². The average Bonchev–Trinajstić information content (AvgIpc) is 2.24. The third-order valence-corrected chi connectivity index (χ3v) is 2.61. The van der Waals surface area contributed by atoms with Crippen molar-refractivity contribution in [3.63, 3.8) is 0 Å². The lowest BCUT2D eigenvalue weighted by molar-refractivity contribution is -0.136. The molecule has 0 amide bonds. The van der Waals surface area contributed by atoms with E-state index >= 15 is 0 Å². The average molecular weight is 280 g/mol. The Morgan fingerprint density at radius 2 is 1.61 bits per heavy atom. The summed E-state index contributed by atoms with van der Waals surface area (Å²) in [5.74, 6) is 0. The zero-order valence-corrected chi connectivity index (χ0v) is 9.24. The van der Waals surface area contributed by atoms with Gasteiger partial charge in [-0.05, 0) is 6.07 Å². The number of anilines is 1. The summed E-state index contributed by atoms with van der Waals surface area (Å²) in [7, 11) is 0. The molecule has 2 aromatic rings. The second-order valence-corrected chi connectivity index (χ2v) is 3.88. The third-order valence-electron chi connectivity index (χ3n) is 2.31. The summed E-state index contributed by atoms with van der Waals surface area (Å²) in [6, 6.07) is 0.591. The van der Waals surface area contributed by atoms with E-state index in [2.05, 4.69) is 4.98 Å². The SMILES string of the molecule is Nc1c(C(F)(F)F)cc(Cl)c2[nH]c(=O)c(=O)[nH]c12. The number of aromatic nitrogens is 2.